The Morgan fingerprint density at radius 2 is 2.10 bits per heavy atom. The van der Waals surface area contributed by atoms with E-state index in [1.54, 1.807) is 26.0 Å². The van der Waals surface area contributed by atoms with E-state index in [1.807, 2.05) is 6.07 Å². The van der Waals surface area contributed by atoms with Gasteiger partial charge in [0, 0.05) is 11.8 Å². The Labute approximate surface area is 115 Å². The van der Waals surface area contributed by atoms with E-state index in [4.69, 9.17) is 10.00 Å². The van der Waals surface area contributed by atoms with Crippen molar-refractivity contribution in [1.29, 1.82) is 5.26 Å². The number of aryl methyl sites for hydroxylation is 2. The number of ether oxygens (including phenoxy) is 1. The van der Waals surface area contributed by atoms with Gasteiger partial charge in [0.2, 0.25) is 5.88 Å². The minimum absolute atomic E-state index is 0.0783. The second-order valence-corrected chi connectivity index (χ2v) is 4.23. The molecule has 0 saturated heterocycles. The average molecular weight is 269 g/mol. The van der Waals surface area contributed by atoms with Crippen molar-refractivity contribution < 1.29 is 9.66 Å². The van der Waals surface area contributed by atoms with Gasteiger partial charge in [0.05, 0.1) is 11.0 Å². The third-order valence-corrected chi connectivity index (χ3v) is 2.67. The molecule has 1 aromatic heterocycles. The summed E-state index contributed by atoms with van der Waals surface area (Å²) in [5.74, 6) is 0.429. The van der Waals surface area contributed by atoms with Crippen molar-refractivity contribution in [1.82, 2.24) is 4.98 Å². The van der Waals surface area contributed by atoms with Crippen LogP contribution >= 0.6 is 0 Å². The molecule has 1 aromatic carbocycles. The molecule has 0 atom stereocenters. The second kappa shape index (κ2) is 5.36. The van der Waals surface area contributed by atoms with Gasteiger partial charge in [-0.3, -0.25) is 10.1 Å². The van der Waals surface area contributed by atoms with Crippen molar-refractivity contribution in [2.75, 3.05) is 0 Å². The number of nitro groups is 1. The van der Waals surface area contributed by atoms with Crippen LogP contribution in [0.5, 0.6) is 11.6 Å². The first-order valence-corrected chi connectivity index (χ1v) is 5.82. The van der Waals surface area contributed by atoms with Crippen LogP contribution in [0, 0.1) is 35.3 Å². The number of hydrogen-bond donors (Lipinski definition) is 0. The number of non-ortho nitro benzene ring substituents is 1. The van der Waals surface area contributed by atoms with Gasteiger partial charge in [-0.2, -0.15) is 5.26 Å². The lowest BCUT2D eigenvalue weighted by molar-refractivity contribution is -0.384. The smallest absolute Gasteiger partial charge is 0.273 e. The molecule has 0 aliphatic carbocycles. The van der Waals surface area contributed by atoms with E-state index >= 15 is 0 Å². The van der Waals surface area contributed by atoms with Gasteiger partial charge in [-0.25, -0.2) is 4.98 Å². The standard InChI is InChI=1S/C14H11N3O3/c1-9-6-10(2)16-14(13(9)8-15)20-12-5-3-4-11(7-12)17(18)19/h3-7H,1-2H3. The van der Waals surface area contributed by atoms with Crippen LogP contribution in [0.1, 0.15) is 16.8 Å². The highest BCUT2D eigenvalue weighted by Crippen LogP contribution is 2.27. The predicted octanol–water partition coefficient (Wildman–Crippen LogP) is 3.27. The highest BCUT2D eigenvalue weighted by molar-refractivity contribution is 5.48. The Kier molecular flexibility index (Phi) is 3.62. The van der Waals surface area contributed by atoms with E-state index in [0.29, 0.717) is 11.3 Å². The molecule has 0 unspecified atom stereocenters. The number of hydrogen-bond acceptors (Lipinski definition) is 5. The van der Waals surface area contributed by atoms with E-state index < -0.39 is 4.92 Å². The van der Waals surface area contributed by atoms with Crippen LogP contribution in [0.3, 0.4) is 0 Å². The number of nitriles is 1. The van der Waals surface area contributed by atoms with Crippen LogP contribution in [-0.4, -0.2) is 9.91 Å². The van der Waals surface area contributed by atoms with Crippen LogP contribution in [-0.2, 0) is 0 Å². The lowest BCUT2D eigenvalue weighted by Crippen LogP contribution is -1.97. The molecule has 1 heterocycles. The number of benzene rings is 1. The third kappa shape index (κ3) is 2.72. The first-order chi connectivity index (χ1) is 9.51. The van der Waals surface area contributed by atoms with Crippen molar-refractivity contribution in [2.24, 2.45) is 0 Å². The molecule has 6 nitrogen and oxygen atoms in total. The van der Waals surface area contributed by atoms with Gasteiger partial charge < -0.3 is 4.74 Å². The second-order valence-electron chi connectivity index (χ2n) is 4.23. The SMILES string of the molecule is Cc1cc(C)c(C#N)c(Oc2cccc([N+](=O)[O-])c2)n1. The molecule has 0 N–H and O–H groups in total. The van der Waals surface area contributed by atoms with Gasteiger partial charge in [-0.1, -0.05) is 6.07 Å². The maximum absolute atomic E-state index is 10.7. The van der Waals surface area contributed by atoms with E-state index in [2.05, 4.69) is 4.98 Å². The molecule has 20 heavy (non-hydrogen) atoms. The Balaban J connectivity index is 2.42. The number of nitro benzene ring substituents is 1. The summed E-state index contributed by atoms with van der Waals surface area (Å²) in [6.45, 7) is 3.57. The maximum Gasteiger partial charge on any atom is 0.273 e. The normalized spacial score (nSPS) is 9.85. The maximum atomic E-state index is 10.7. The number of nitrogens with zero attached hydrogens (tertiary/aromatic N) is 3. The van der Waals surface area contributed by atoms with Crippen molar-refractivity contribution in [3.05, 3.63) is 57.3 Å². The Morgan fingerprint density at radius 1 is 1.35 bits per heavy atom. The average Bonchev–Trinajstić information content (AvgIpc) is 2.38. The Hall–Kier alpha value is -2.94. The quantitative estimate of drug-likeness (QED) is 0.630. The first-order valence-electron chi connectivity index (χ1n) is 5.82. The van der Waals surface area contributed by atoms with E-state index in [1.165, 1.54) is 18.2 Å². The highest BCUT2D eigenvalue weighted by atomic mass is 16.6. The summed E-state index contributed by atoms with van der Waals surface area (Å²) in [6, 6.07) is 9.56. The van der Waals surface area contributed by atoms with Gasteiger partial charge in [0.15, 0.2) is 0 Å². The molecule has 0 aliphatic heterocycles. The molecule has 0 fully saturated rings. The molecule has 0 amide bonds. The zero-order chi connectivity index (χ0) is 14.7. The zero-order valence-electron chi connectivity index (χ0n) is 11.0. The van der Waals surface area contributed by atoms with Crippen LogP contribution < -0.4 is 4.74 Å². The van der Waals surface area contributed by atoms with Crippen LogP contribution in [0.4, 0.5) is 5.69 Å². The molecule has 2 rings (SSSR count). The zero-order valence-corrected chi connectivity index (χ0v) is 11.0. The highest BCUT2D eigenvalue weighted by Gasteiger charge is 2.13. The lowest BCUT2D eigenvalue weighted by Gasteiger charge is -2.09. The fourth-order valence-electron chi connectivity index (χ4n) is 1.78. The predicted molar refractivity (Wildman–Crippen MR) is 71.6 cm³/mol. The van der Waals surface area contributed by atoms with Crippen LogP contribution in [0.25, 0.3) is 0 Å². The fourth-order valence-corrected chi connectivity index (χ4v) is 1.78. The molecule has 2 aromatic rings. The molecule has 0 aliphatic rings. The largest absolute Gasteiger partial charge is 0.437 e. The molecule has 0 radical (unpaired) electrons. The minimum Gasteiger partial charge on any atom is -0.437 e. The fraction of sp³-hybridized carbons (Fsp3) is 0.143. The topological polar surface area (TPSA) is 89.0 Å². The van der Waals surface area contributed by atoms with Crippen molar-refractivity contribution in [3.63, 3.8) is 0 Å². The Bertz CT molecular complexity index is 720. The van der Waals surface area contributed by atoms with Gasteiger partial charge >= 0.3 is 0 Å². The van der Waals surface area contributed by atoms with E-state index in [-0.39, 0.29) is 17.3 Å². The monoisotopic (exact) mass is 269 g/mol. The summed E-state index contributed by atoms with van der Waals surface area (Å²) in [7, 11) is 0. The lowest BCUT2D eigenvalue weighted by atomic mass is 10.1. The van der Waals surface area contributed by atoms with Crippen LogP contribution in [0.15, 0.2) is 30.3 Å². The summed E-state index contributed by atoms with van der Waals surface area (Å²) in [4.78, 5) is 14.4. The number of pyridine rings is 1. The van der Waals surface area contributed by atoms with E-state index in [0.717, 1.165) is 5.56 Å². The third-order valence-electron chi connectivity index (χ3n) is 2.67. The van der Waals surface area contributed by atoms with Crippen molar-refractivity contribution >= 4 is 5.69 Å². The molecule has 0 spiro atoms. The molecule has 0 bridgehead atoms. The van der Waals surface area contributed by atoms with Gasteiger partial charge in [0.1, 0.15) is 17.4 Å². The van der Waals surface area contributed by atoms with Gasteiger partial charge in [-0.05, 0) is 31.5 Å². The summed E-state index contributed by atoms with van der Waals surface area (Å²) < 4.78 is 5.51. The minimum atomic E-state index is -0.507. The molecule has 100 valence electrons. The molecule has 6 heteroatoms. The summed E-state index contributed by atoms with van der Waals surface area (Å²) in [6.07, 6.45) is 0. The number of rotatable bonds is 3. The van der Waals surface area contributed by atoms with Crippen LogP contribution in [0.2, 0.25) is 0 Å². The van der Waals surface area contributed by atoms with Crippen molar-refractivity contribution in [3.8, 4) is 17.7 Å². The summed E-state index contributed by atoms with van der Waals surface area (Å²) in [5.41, 5.74) is 1.70. The number of aromatic nitrogens is 1. The molecular weight excluding hydrogens is 258 g/mol. The molecular formula is C14H11N3O3. The van der Waals surface area contributed by atoms with Gasteiger partial charge in [0.25, 0.3) is 5.69 Å². The van der Waals surface area contributed by atoms with E-state index in [9.17, 15) is 10.1 Å². The summed E-state index contributed by atoms with van der Waals surface area (Å²) >= 11 is 0. The molecule has 0 saturated carbocycles. The van der Waals surface area contributed by atoms with Gasteiger partial charge in [-0.15, -0.1) is 0 Å². The van der Waals surface area contributed by atoms with Crippen molar-refractivity contribution in [2.45, 2.75) is 13.8 Å². The Morgan fingerprint density at radius 3 is 2.75 bits per heavy atom. The summed E-state index contributed by atoms with van der Waals surface area (Å²) in [5, 5.41) is 19.9. The first kappa shape index (κ1) is 13.5.